The molecule has 0 atom stereocenters. The van der Waals surface area contributed by atoms with Gasteiger partial charge in [-0.3, -0.25) is 4.79 Å². The first-order valence-electron chi connectivity index (χ1n) is 6.96. The molecule has 0 aliphatic rings. The van der Waals surface area contributed by atoms with E-state index in [1.807, 2.05) is 0 Å². The van der Waals surface area contributed by atoms with Gasteiger partial charge in [0.25, 0.3) is 5.91 Å². The summed E-state index contributed by atoms with van der Waals surface area (Å²) in [4.78, 5) is 15.9. The molecule has 1 aromatic heterocycles. The number of nitrogens with one attached hydrogen (secondary N) is 1. The van der Waals surface area contributed by atoms with Crippen molar-refractivity contribution in [2.45, 2.75) is 13.0 Å². The maximum atomic E-state index is 14.3. The second kappa shape index (κ2) is 7.80. The molecule has 0 spiro atoms. The molecule has 0 saturated carbocycles. The number of nitrogens with two attached hydrogens (primary N) is 1. The fourth-order valence-electron chi connectivity index (χ4n) is 1.90. The van der Waals surface area contributed by atoms with E-state index < -0.39 is 11.7 Å². The van der Waals surface area contributed by atoms with Crippen LogP contribution in [0.4, 0.5) is 10.2 Å². The average Bonchev–Trinajstić information content (AvgIpc) is 2.55. The smallest absolute Gasteiger partial charge is 0.255 e. The predicted molar refractivity (Wildman–Crippen MR) is 85.2 cm³/mol. The molecule has 2 rings (SSSR count). The van der Waals surface area contributed by atoms with E-state index in [9.17, 15) is 9.18 Å². The first-order valence-corrected chi connectivity index (χ1v) is 6.96. The zero-order chi connectivity index (χ0) is 16.7. The Morgan fingerprint density at radius 2 is 2.22 bits per heavy atom. The van der Waals surface area contributed by atoms with Crippen molar-refractivity contribution in [3.63, 3.8) is 0 Å². The summed E-state index contributed by atoms with van der Waals surface area (Å²) in [7, 11) is 0. The van der Waals surface area contributed by atoms with Crippen LogP contribution in [-0.2, 0) is 6.54 Å². The fourth-order valence-corrected chi connectivity index (χ4v) is 1.90. The number of nitrogen functional groups attached to an aromatic ring is 1. The summed E-state index contributed by atoms with van der Waals surface area (Å²) in [6.07, 6.45) is 7.00. The molecule has 0 radical (unpaired) electrons. The lowest BCUT2D eigenvalue weighted by atomic mass is 10.2. The summed E-state index contributed by atoms with van der Waals surface area (Å²) in [5.41, 5.74) is 6.18. The Morgan fingerprint density at radius 3 is 2.96 bits per heavy atom. The maximum absolute atomic E-state index is 14.3. The molecule has 23 heavy (non-hydrogen) atoms. The van der Waals surface area contributed by atoms with E-state index in [-0.39, 0.29) is 30.3 Å². The molecule has 0 aliphatic heterocycles. The van der Waals surface area contributed by atoms with Crippen LogP contribution in [0, 0.1) is 18.2 Å². The third-order valence-corrected chi connectivity index (χ3v) is 3.07. The van der Waals surface area contributed by atoms with Crippen LogP contribution < -0.4 is 15.8 Å². The van der Waals surface area contributed by atoms with Crippen LogP contribution in [0.1, 0.15) is 22.3 Å². The monoisotopic (exact) mass is 313 g/mol. The van der Waals surface area contributed by atoms with Gasteiger partial charge >= 0.3 is 0 Å². The minimum Gasteiger partial charge on any atom is -0.490 e. The molecular weight excluding hydrogens is 297 g/mol. The molecule has 0 bridgehead atoms. The van der Waals surface area contributed by atoms with Gasteiger partial charge in [-0.1, -0.05) is 12.1 Å². The molecule has 1 amide bonds. The summed E-state index contributed by atoms with van der Waals surface area (Å²) in [6, 6.07) is 7.87. The van der Waals surface area contributed by atoms with Gasteiger partial charge in [0.1, 0.15) is 5.82 Å². The lowest BCUT2D eigenvalue weighted by Crippen LogP contribution is -2.24. The number of nitrogens with zero attached hydrogens (tertiary/aromatic N) is 1. The number of benzene rings is 1. The standard InChI is InChI=1S/C17H16FN3O2/c1-2-3-10-23-14-8-4-6-12(15(14)18)11-21-17(22)13-7-5-9-20-16(13)19/h1,4-9H,3,10-11H2,(H2,19,20)(H,21,22). The SMILES string of the molecule is C#CCCOc1cccc(CNC(=O)c2cccnc2N)c1F. The van der Waals surface area contributed by atoms with Crippen LogP contribution in [0.5, 0.6) is 5.75 Å². The normalized spacial score (nSPS) is 9.91. The predicted octanol–water partition coefficient (Wildman–Crippen LogP) is 2.13. The highest BCUT2D eigenvalue weighted by atomic mass is 19.1. The third kappa shape index (κ3) is 4.20. The average molecular weight is 313 g/mol. The zero-order valence-electron chi connectivity index (χ0n) is 12.4. The number of halogens is 1. The molecular formula is C17H16FN3O2. The van der Waals surface area contributed by atoms with Crippen LogP contribution >= 0.6 is 0 Å². The molecule has 0 fully saturated rings. The number of carbonyl (C=O) groups excluding carboxylic acids is 1. The van der Waals surface area contributed by atoms with Gasteiger partial charge in [-0.05, 0) is 18.2 Å². The van der Waals surface area contributed by atoms with Gasteiger partial charge in [0.2, 0.25) is 0 Å². The summed E-state index contributed by atoms with van der Waals surface area (Å²) in [5, 5.41) is 2.60. The van der Waals surface area contributed by atoms with Crippen molar-refractivity contribution in [1.29, 1.82) is 0 Å². The second-order valence-electron chi connectivity index (χ2n) is 4.65. The third-order valence-electron chi connectivity index (χ3n) is 3.07. The number of hydrogen-bond donors (Lipinski definition) is 2. The number of amides is 1. The fraction of sp³-hybridized carbons (Fsp3) is 0.176. The number of rotatable bonds is 6. The van der Waals surface area contributed by atoms with E-state index in [0.717, 1.165) is 0 Å². The highest BCUT2D eigenvalue weighted by Gasteiger charge is 2.13. The summed E-state index contributed by atoms with van der Waals surface area (Å²) < 4.78 is 19.5. The Morgan fingerprint density at radius 1 is 1.39 bits per heavy atom. The highest BCUT2D eigenvalue weighted by Crippen LogP contribution is 2.20. The number of ether oxygens (including phenoxy) is 1. The molecule has 118 valence electrons. The lowest BCUT2D eigenvalue weighted by Gasteiger charge is -2.11. The van der Waals surface area contributed by atoms with Gasteiger partial charge in [-0.25, -0.2) is 9.37 Å². The minimum absolute atomic E-state index is 0.00530. The van der Waals surface area contributed by atoms with Crippen LogP contribution in [0.15, 0.2) is 36.5 Å². The van der Waals surface area contributed by atoms with E-state index in [1.165, 1.54) is 12.3 Å². The van der Waals surface area contributed by atoms with Gasteiger partial charge in [-0.15, -0.1) is 12.3 Å². The maximum Gasteiger partial charge on any atom is 0.255 e. The van der Waals surface area contributed by atoms with Crippen molar-refractivity contribution in [2.75, 3.05) is 12.3 Å². The van der Waals surface area contributed by atoms with E-state index in [1.54, 1.807) is 24.3 Å². The summed E-state index contributed by atoms with van der Waals surface area (Å²) >= 11 is 0. The minimum atomic E-state index is -0.524. The van der Waals surface area contributed by atoms with E-state index in [0.29, 0.717) is 12.0 Å². The van der Waals surface area contributed by atoms with Crippen molar-refractivity contribution in [1.82, 2.24) is 10.3 Å². The lowest BCUT2D eigenvalue weighted by molar-refractivity contribution is 0.0951. The molecule has 0 saturated heterocycles. The van der Waals surface area contributed by atoms with Gasteiger partial charge in [0.15, 0.2) is 11.6 Å². The van der Waals surface area contributed by atoms with Crippen LogP contribution in [0.3, 0.4) is 0 Å². The molecule has 5 nitrogen and oxygen atoms in total. The van der Waals surface area contributed by atoms with Gasteiger partial charge in [0, 0.05) is 24.7 Å². The molecule has 1 heterocycles. The number of terminal acetylenes is 1. The molecule has 0 unspecified atom stereocenters. The van der Waals surface area contributed by atoms with Crippen molar-refractivity contribution in [3.05, 3.63) is 53.5 Å². The molecule has 6 heteroatoms. The topological polar surface area (TPSA) is 77.2 Å². The number of anilines is 1. The van der Waals surface area contributed by atoms with Crippen molar-refractivity contribution in [3.8, 4) is 18.1 Å². The molecule has 1 aromatic carbocycles. The first kappa shape index (κ1) is 16.3. The van der Waals surface area contributed by atoms with Crippen molar-refractivity contribution < 1.29 is 13.9 Å². The Balaban J connectivity index is 2.03. The second-order valence-corrected chi connectivity index (χ2v) is 4.65. The van der Waals surface area contributed by atoms with Crippen molar-refractivity contribution >= 4 is 11.7 Å². The molecule has 0 aliphatic carbocycles. The Labute approximate surface area is 133 Å². The van der Waals surface area contributed by atoms with Crippen LogP contribution in [0.25, 0.3) is 0 Å². The van der Waals surface area contributed by atoms with Gasteiger partial charge in [-0.2, -0.15) is 0 Å². The first-order chi connectivity index (χ1) is 11.1. The quantitative estimate of drug-likeness (QED) is 0.633. The summed E-state index contributed by atoms with van der Waals surface area (Å²) in [5.74, 6) is 1.69. The number of hydrogen-bond acceptors (Lipinski definition) is 4. The molecule has 3 N–H and O–H groups in total. The largest absolute Gasteiger partial charge is 0.490 e. The Hall–Kier alpha value is -3.07. The van der Waals surface area contributed by atoms with E-state index in [4.69, 9.17) is 16.9 Å². The van der Waals surface area contributed by atoms with E-state index >= 15 is 0 Å². The van der Waals surface area contributed by atoms with Gasteiger partial charge in [0.05, 0.1) is 12.2 Å². The van der Waals surface area contributed by atoms with Gasteiger partial charge < -0.3 is 15.8 Å². The number of aromatic nitrogens is 1. The molecule has 2 aromatic rings. The van der Waals surface area contributed by atoms with Crippen molar-refractivity contribution in [2.24, 2.45) is 0 Å². The van der Waals surface area contributed by atoms with Crippen LogP contribution in [-0.4, -0.2) is 17.5 Å². The number of carbonyl (C=O) groups is 1. The Kier molecular flexibility index (Phi) is 5.53. The zero-order valence-corrected chi connectivity index (χ0v) is 12.4. The highest BCUT2D eigenvalue weighted by molar-refractivity contribution is 5.98. The van der Waals surface area contributed by atoms with E-state index in [2.05, 4.69) is 16.2 Å². The number of pyridine rings is 1. The Bertz CT molecular complexity index is 741. The van der Waals surface area contributed by atoms with Crippen LogP contribution in [0.2, 0.25) is 0 Å². The summed E-state index contributed by atoms with van der Waals surface area (Å²) in [6.45, 7) is 0.237.